The molecule has 0 aromatic heterocycles. The SMILES string of the molecule is CCCCCCCCNCc1cccc(OCc2ccc(C)cc2)c1.Cl. The van der Waals surface area contributed by atoms with Crippen LogP contribution in [0.3, 0.4) is 0 Å². The highest BCUT2D eigenvalue weighted by Gasteiger charge is 1.99. The average molecular weight is 376 g/mol. The van der Waals surface area contributed by atoms with Crippen molar-refractivity contribution in [3.63, 3.8) is 0 Å². The Balaban J connectivity index is 0.00000338. The van der Waals surface area contributed by atoms with Crippen LogP contribution in [-0.4, -0.2) is 6.54 Å². The molecule has 0 unspecified atom stereocenters. The maximum Gasteiger partial charge on any atom is 0.120 e. The Bertz CT molecular complexity index is 597. The molecule has 0 spiro atoms. The fourth-order valence-electron chi connectivity index (χ4n) is 2.86. The number of aryl methyl sites for hydroxylation is 1. The lowest BCUT2D eigenvalue weighted by molar-refractivity contribution is 0.306. The Morgan fingerprint density at radius 3 is 2.35 bits per heavy atom. The topological polar surface area (TPSA) is 21.3 Å². The summed E-state index contributed by atoms with van der Waals surface area (Å²) in [5.41, 5.74) is 3.77. The van der Waals surface area contributed by atoms with E-state index in [4.69, 9.17) is 4.74 Å². The molecule has 2 aromatic rings. The Morgan fingerprint density at radius 2 is 1.58 bits per heavy atom. The van der Waals surface area contributed by atoms with Gasteiger partial charge in [0.2, 0.25) is 0 Å². The standard InChI is InChI=1S/C23H33NO.ClH/c1-3-4-5-6-7-8-16-24-18-22-10-9-11-23(17-22)25-19-21-14-12-20(2)13-15-21;/h9-15,17,24H,3-8,16,18-19H2,1-2H3;1H. The van der Waals surface area contributed by atoms with Gasteiger partial charge in [-0.2, -0.15) is 0 Å². The molecule has 2 rings (SSSR count). The van der Waals surface area contributed by atoms with Crippen molar-refractivity contribution in [3.8, 4) is 5.75 Å². The van der Waals surface area contributed by atoms with Crippen molar-refractivity contribution >= 4 is 12.4 Å². The molecule has 0 amide bonds. The van der Waals surface area contributed by atoms with Crippen molar-refractivity contribution in [2.75, 3.05) is 6.54 Å². The number of hydrogen-bond acceptors (Lipinski definition) is 2. The largest absolute Gasteiger partial charge is 0.489 e. The van der Waals surface area contributed by atoms with E-state index in [2.05, 4.69) is 61.6 Å². The van der Waals surface area contributed by atoms with Crippen LogP contribution in [0.4, 0.5) is 0 Å². The quantitative estimate of drug-likeness (QED) is 0.430. The van der Waals surface area contributed by atoms with Crippen molar-refractivity contribution in [1.82, 2.24) is 5.32 Å². The molecular formula is C23H34ClNO. The Hall–Kier alpha value is -1.51. The number of ether oxygens (including phenoxy) is 1. The van der Waals surface area contributed by atoms with Gasteiger partial charge in [0.15, 0.2) is 0 Å². The third kappa shape index (κ3) is 9.26. The van der Waals surface area contributed by atoms with Gasteiger partial charge in [-0.15, -0.1) is 12.4 Å². The highest BCUT2D eigenvalue weighted by Crippen LogP contribution is 2.15. The van der Waals surface area contributed by atoms with E-state index in [-0.39, 0.29) is 12.4 Å². The van der Waals surface area contributed by atoms with Crippen molar-refractivity contribution in [2.45, 2.75) is 65.5 Å². The van der Waals surface area contributed by atoms with Gasteiger partial charge in [-0.1, -0.05) is 81.0 Å². The zero-order valence-corrected chi connectivity index (χ0v) is 17.1. The Kier molecular flexibility index (Phi) is 11.8. The third-order valence-corrected chi connectivity index (χ3v) is 4.46. The monoisotopic (exact) mass is 375 g/mol. The summed E-state index contributed by atoms with van der Waals surface area (Å²) in [5, 5.41) is 3.54. The van der Waals surface area contributed by atoms with Gasteiger partial charge in [-0.25, -0.2) is 0 Å². The molecule has 0 atom stereocenters. The number of hydrogen-bond donors (Lipinski definition) is 1. The van der Waals surface area contributed by atoms with E-state index in [1.165, 1.54) is 55.2 Å². The number of halogens is 1. The van der Waals surface area contributed by atoms with Crippen LogP contribution in [0, 0.1) is 6.92 Å². The van der Waals surface area contributed by atoms with Crippen LogP contribution in [0.25, 0.3) is 0 Å². The van der Waals surface area contributed by atoms with Gasteiger partial charge in [-0.05, 0) is 43.1 Å². The molecule has 0 saturated heterocycles. The molecule has 0 radical (unpaired) electrons. The molecule has 0 bridgehead atoms. The lowest BCUT2D eigenvalue weighted by Gasteiger charge is -2.09. The number of unbranched alkanes of at least 4 members (excludes halogenated alkanes) is 5. The zero-order chi connectivity index (χ0) is 17.7. The van der Waals surface area contributed by atoms with Crippen molar-refractivity contribution < 1.29 is 4.74 Å². The van der Waals surface area contributed by atoms with Gasteiger partial charge in [0, 0.05) is 6.54 Å². The highest BCUT2D eigenvalue weighted by atomic mass is 35.5. The molecule has 2 aromatic carbocycles. The summed E-state index contributed by atoms with van der Waals surface area (Å²) in [6.45, 7) is 7.00. The molecule has 0 aliphatic heterocycles. The molecule has 1 N–H and O–H groups in total. The second-order valence-corrected chi connectivity index (χ2v) is 6.87. The Morgan fingerprint density at radius 1 is 0.846 bits per heavy atom. The van der Waals surface area contributed by atoms with Crippen LogP contribution in [0.15, 0.2) is 48.5 Å². The summed E-state index contributed by atoms with van der Waals surface area (Å²) in [7, 11) is 0. The van der Waals surface area contributed by atoms with E-state index in [1.54, 1.807) is 0 Å². The van der Waals surface area contributed by atoms with Crippen molar-refractivity contribution in [2.24, 2.45) is 0 Å². The second-order valence-electron chi connectivity index (χ2n) is 6.87. The smallest absolute Gasteiger partial charge is 0.120 e. The fourth-order valence-corrected chi connectivity index (χ4v) is 2.86. The van der Waals surface area contributed by atoms with E-state index in [0.29, 0.717) is 6.61 Å². The third-order valence-electron chi connectivity index (χ3n) is 4.46. The maximum atomic E-state index is 5.93. The van der Waals surface area contributed by atoms with Crippen LogP contribution >= 0.6 is 12.4 Å². The van der Waals surface area contributed by atoms with Crippen LogP contribution < -0.4 is 10.1 Å². The van der Waals surface area contributed by atoms with Crippen LogP contribution in [0.1, 0.15) is 62.1 Å². The molecule has 0 heterocycles. The first-order valence-electron chi connectivity index (χ1n) is 9.76. The summed E-state index contributed by atoms with van der Waals surface area (Å²) >= 11 is 0. The molecule has 26 heavy (non-hydrogen) atoms. The minimum Gasteiger partial charge on any atom is -0.489 e. The summed E-state index contributed by atoms with van der Waals surface area (Å²) in [5.74, 6) is 0.944. The first kappa shape index (κ1) is 22.5. The molecule has 0 fully saturated rings. The summed E-state index contributed by atoms with van der Waals surface area (Å²) < 4.78 is 5.93. The minimum atomic E-state index is 0. The summed E-state index contributed by atoms with van der Waals surface area (Å²) in [4.78, 5) is 0. The van der Waals surface area contributed by atoms with Crippen molar-refractivity contribution in [3.05, 3.63) is 65.2 Å². The van der Waals surface area contributed by atoms with E-state index in [9.17, 15) is 0 Å². The van der Waals surface area contributed by atoms with Gasteiger partial charge in [0.25, 0.3) is 0 Å². The molecule has 0 aliphatic rings. The van der Waals surface area contributed by atoms with E-state index < -0.39 is 0 Å². The normalized spacial score (nSPS) is 10.4. The lowest BCUT2D eigenvalue weighted by atomic mass is 10.1. The molecule has 0 saturated carbocycles. The Labute approximate surface area is 165 Å². The number of benzene rings is 2. The molecular weight excluding hydrogens is 342 g/mol. The minimum absolute atomic E-state index is 0. The summed E-state index contributed by atoms with van der Waals surface area (Å²) in [6.07, 6.45) is 8.07. The van der Waals surface area contributed by atoms with Gasteiger partial charge < -0.3 is 10.1 Å². The molecule has 2 nitrogen and oxygen atoms in total. The fraction of sp³-hybridized carbons (Fsp3) is 0.478. The first-order chi connectivity index (χ1) is 12.3. The van der Waals surface area contributed by atoms with E-state index >= 15 is 0 Å². The van der Waals surface area contributed by atoms with Gasteiger partial charge in [0.05, 0.1) is 0 Å². The van der Waals surface area contributed by atoms with Gasteiger partial charge >= 0.3 is 0 Å². The van der Waals surface area contributed by atoms with Crippen LogP contribution in [0.2, 0.25) is 0 Å². The predicted molar refractivity (Wildman–Crippen MR) is 114 cm³/mol. The predicted octanol–water partition coefficient (Wildman–Crippen LogP) is 6.45. The molecule has 144 valence electrons. The van der Waals surface area contributed by atoms with Crippen molar-refractivity contribution in [1.29, 1.82) is 0 Å². The van der Waals surface area contributed by atoms with E-state index in [1.807, 2.05) is 6.07 Å². The van der Waals surface area contributed by atoms with Crippen LogP contribution in [0.5, 0.6) is 5.75 Å². The second kappa shape index (κ2) is 13.7. The highest BCUT2D eigenvalue weighted by molar-refractivity contribution is 5.85. The first-order valence-corrected chi connectivity index (χ1v) is 9.76. The summed E-state index contributed by atoms with van der Waals surface area (Å²) in [6, 6.07) is 16.9. The van der Waals surface area contributed by atoms with Gasteiger partial charge in [0.1, 0.15) is 12.4 Å². The van der Waals surface area contributed by atoms with Crippen LogP contribution in [-0.2, 0) is 13.2 Å². The number of nitrogens with one attached hydrogen (secondary N) is 1. The molecule has 0 aliphatic carbocycles. The van der Waals surface area contributed by atoms with Gasteiger partial charge in [-0.3, -0.25) is 0 Å². The average Bonchev–Trinajstić information content (AvgIpc) is 2.64. The van der Waals surface area contributed by atoms with E-state index in [0.717, 1.165) is 18.8 Å². The lowest BCUT2D eigenvalue weighted by Crippen LogP contribution is -2.14. The maximum absolute atomic E-state index is 5.93. The number of rotatable bonds is 12. The molecule has 3 heteroatoms. The zero-order valence-electron chi connectivity index (χ0n) is 16.3.